The Kier molecular flexibility index (Phi) is 4.56. The number of quaternary nitrogens is 1. The van der Waals surface area contributed by atoms with E-state index in [1.807, 2.05) is 6.20 Å². The van der Waals surface area contributed by atoms with Crippen molar-refractivity contribution in [3.8, 4) is 0 Å². The highest BCUT2D eigenvalue weighted by atomic mass is 79.9. The molecule has 0 bridgehead atoms. The van der Waals surface area contributed by atoms with Crippen LogP contribution in [0.1, 0.15) is 20.3 Å². The summed E-state index contributed by atoms with van der Waals surface area (Å²) in [6.07, 6.45) is 5.05. The van der Waals surface area contributed by atoms with Crippen LogP contribution >= 0.6 is 0 Å². The molecule has 0 radical (unpaired) electrons. The van der Waals surface area contributed by atoms with Crippen LogP contribution in [-0.2, 0) is 0 Å². The third-order valence-electron chi connectivity index (χ3n) is 1.59. The topological polar surface area (TPSA) is 16.8 Å². The van der Waals surface area contributed by atoms with Crippen LogP contribution in [0.5, 0.6) is 0 Å². The first-order valence-electron chi connectivity index (χ1n) is 3.48. The van der Waals surface area contributed by atoms with Crippen molar-refractivity contribution in [1.82, 2.24) is 0 Å². The number of nitrogens with zero attached hydrogens (tertiary/aromatic N) is 1. The van der Waals surface area contributed by atoms with Crippen LogP contribution in [0.25, 0.3) is 0 Å². The molecule has 1 aliphatic rings. The Labute approximate surface area is 72.4 Å². The monoisotopic (exact) mass is 204 g/mol. The molecule has 0 saturated carbocycles. The molecule has 0 fully saturated rings. The summed E-state index contributed by atoms with van der Waals surface area (Å²) >= 11 is 0. The van der Waals surface area contributed by atoms with E-state index in [1.54, 1.807) is 0 Å². The van der Waals surface area contributed by atoms with Crippen LogP contribution in [0.15, 0.2) is 17.4 Å². The number of nitrogens with one attached hydrogen (secondary N) is 1. The van der Waals surface area contributed by atoms with Crippen LogP contribution in [-0.4, -0.2) is 12.4 Å². The summed E-state index contributed by atoms with van der Waals surface area (Å²) in [5, 5.41) is 0. The maximum Gasteiger partial charge on any atom is 0.205 e. The highest BCUT2D eigenvalue weighted by Crippen LogP contribution is 1.84. The molecular weight excluding hydrogens is 192 g/mol. The minimum Gasteiger partial charge on any atom is -1.00 e. The molecule has 0 aromatic heterocycles. The third-order valence-corrected chi connectivity index (χ3v) is 1.59. The summed E-state index contributed by atoms with van der Waals surface area (Å²) in [6.45, 7) is 5.42. The van der Waals surface area contributed by atoms with Gasteiger partial charge in [-0.25, -0.2) is 4.99 Å². The van der Waals surface area contributed by atoms with E-state index < -0.39 is 0 Å². The minimum atomic E-state index is 0. The molecule has 1 unspecified atom stereocenters. The van der Waals surface area contributed by atoms with Crippen molar-refractivity contribution in [2.75, 3.05) is 6.54 Å². The van der Waals surface area contributed by atoms with Gasteiger partial charge in [-0.05, 0) is 6.92 Å². The molecule has 0 spiro atoms. The second-order valence-corrected chi connectivity index (χ2v) is 2.12. The summed E-state index contributed by atoms with van der Waals surface area (Å²) in [6, 6.07) is 0. The number of halogens is 1. The second-order valence-electron chi connectivity index (χ2n) is 2.12. The number of hydrogen-bond donors (Lipinski definition) is 1. The third kappa shape index (κ3) is 1.92. The largest absolute Gasteiger partial charge is 1.00 e. The molecule has 2 nitrogen and oxygen atoms in total. The molecule has 0 aromatic rings. The van der Waals surface area contributed by atoms with Crippen LogP contribution < -0.4 is 21.9 Å². The first-order valence-corrected chi connectivity index (χ1v) is 3.48. The van der Waals surface area contributed by atoms with E-state index in [-0.39, 0.29) is 17.0 Å². The van der Waals surface area contributed by atoms with Crippen molar-refractivity contribution in [3.05, 3.63) is 12.4 Å². The highest BCUT2D eigenvalue weighted by molar-refractivity contribution is 5.75. The lowest BCUT2D eigenvalue weighted by Gasteiger charge is -2.06. The second kappa shape index (κ2) is 4.63. The molecule has 1 N–H and O–H groups in total. The smallest absolute Gasteiger partial charge is 0.205 e. The zero-order valence-electron chi connectivity index (χ0n) is 6.39. The van der Waals surface area contributed by atoms with Gasteiger partial charge in [-0.15, -0.1) is 0 Å². The number of aliphatic imine (C=N–C) groups is 1. The lowest BCUT2D eigenvalue weighted by molar-refractivity contribution is -0.743. The molecule has 0 amide bonds. The number of hydrogen-bond acceptors (Lipinski definition) is 1. The summed E-state index contributed by atoms with van der Waals surface area (Å²) in [5.74, 6) is 1.26. The molecule has 1 atom stereocenters. The molecule has 58 valence electrons. The predicted molar refractivity (Wildman–Crippen MR) is 38.4 cm³/mol. The molecule has 1 rings (SSSR count). The van der Waals surface area contributed by atoms with Crippen molar-refractivity contribution in [3.63, 3.8) is 0 Å². The minimum absolute atomic E-state index is 0. The van der Waals surface area contributed by atoms with Crippen molar-refractivity contribution < 1.29 is 21.9 Å². The molecule has 0 aromatic carbocycles. The zero-order valence-corrected chi connectivity index (χ0v) is 7.98. The fraction of sp³-hybridized carbons (Fsp3) is 0.571. The Hall–Kier alpha value is -0.150. The van der Waals surface area contributed by atoms with Crippen LogP contribution in [0.4, 0.5) is 0 Å². The molecule has 0 saturated heterocycles. The predicted octanol–water partition coefficient (Wildman–Crippen LogP) is -2.81. The van der Waals surface area contributed by atoms with Gasteiger partial charge in [0, 0.05) is 6.42 Å². The molecule has 3 heteroatoms. The molecule has 10 heavy (non-hydrogen) atoms. The van der Waals surface area contributed by atoms with E-state index in [0.29, 0.717) is 0 Å². The van der Waals surface area contributed by atoms with Gasteiger partial charge in [-0.2, -0.15) is 0 Å². The van der Waals surface area contributed by atoms with E-state index in [0.717, 1.165) is 13.0 Å². The summed E-state index contributed by atoms with van der Waals surface area (Å²) < 4.78 is 0. The zero-order chi connectivity index (χ0) is 6.69. The Morgan fingerprint density at radius 2 is 2.20 bits per heavy atom. The molecule has 0 aliphatic carbocycles. The van der Waals surface area contributed by atoms with Gasteiger partial charge in [0.1, 0.15) is 6.20 Å². The maximum absolute atomic E-state index is 4.21. The van der Waals surface area contributed by atoms with Crippen molar-refractivity contribution >= 4 is 5.84 Å². The molecular formula is C7H13BrN2. The number of rotatable bonds is 2. The summed E-state index contributed by atoms with van der Waals surface area (Å²) in [7, 11) is 0. The summed E-state index contributed by atoms with van der Waals surface area (Å²) in [4.78, 5) is 5.61. The number of amidine groups is 1. The lowest BCUT2D eigenvalue weighted by atomic mass is 10.4. The SMILES string of the molecule is CCC1=NC=C[NH+]1CC.[Br-]. The van der Waals surface area contributed by atoms with Gasteiger partial charge in [0.05, 0.1) is 12.7 Å². The van der Waals surface area contributed by atoms with Crippen LogP contribution in [0, 0.1) is 0 Å². The summed E-state index contributed by atoms with van der Waals surface area (Å²) in [5.41, 5.74) is 0. The van der Waals surface area contributed by atoms with E-state index in [4.69, 9.17) is 0 Å². The van der Waals surface area contributed by atoms with Gasteiger partial charge in [0.15, 0.2) is 0 Å². The van der Waals surface area contributed by atoms with Crippen molar-refractivity contribution in [1.29, 1.82) is 0 Å². The maximum atomic E-state index is 4.21. The average Bonchev–Trinajstić information content (AvgIpc) is 2.33. The average molecular weight is 205 g/mol. The highest BCUT2D eigenvalue weighted by Gasteiger charge is 2.12. The molecule has 1 heterocycles. The Balaban J connectivity index is 0.000000810. The fourth-order valence-electron chi connectivity index (χ4n) is 1.04. The molecule has 1 aliphatic heterocycles. The van der Waals surface area contributed by atoms with Crippen molar-refractivity contribution in [2.45, 2.75) is 20.3 Å². The van der Waals surface area contributed by atoms with E-state index in [1.165, 1.54) is 10.7 Å². The van der Waals surface area contributed by atoms with Crippen LogP contribution in [0.3, 0.4) is 0 Å². The van der Waals surface area contributed by atoms with Gasteiger partial charge in [-0.1, -0.05) is 6.92 Å². The van der Waals surface area contributed by atoms with Gasteiger partial charge < -0.3 is 17.0 Å². The van der Waals surface area contributed by atoms with Crippen molar-refractivity contribution in [2.24, 2.45) is 4.99 Å². The Morgan fingerprint density at radius 3 is 2.60 bits per heavy atom. The quantitative estimate of drug-likeness (QED) is 0.501. The van der Waals surface area contributed by atoms with Gasteiger partial charge >= 0.3 is 0 Å². The van der Waals surface area contributed by atoms with Gasteiger partial charge in [0.25, 0.3) is 0 Å². The fourth-order valence-corrected chi connectivity index (χ4v) is 1.04. The van der Waals surface area contributed by atoms with Gasteiger partial charge in [0.2, 0.25) is 5.84 Å². The lowest BCUT2D eigenvalue weighted by Crippen LogP contribution is -3.08. The van der Waals surface area contributed by atoms with E-state index in [2.05, 4.69) is 25.0 Å². The Morgan fingerprint density at radius 1 is 1.50 bits per heavy atom. The first-order chi connectivity index (χ1) is 4.38. The van der Waals surface area contributed by atoms with Crippen LogP contribution in [0.2, 0.25) is 0 Å². The van der Waals surface area contributed by atoms with Gasteiger partial charge in [-0.3, -0.25) is 4.90 Å². The van der Waals surface area contributed by atoms with E-state index >= 15 is 0 Å². The standard InChI is InChI=1S/C7H12N2.BrH/c1-3-7-8-5-6-9(7)4-2;/h5-6H,3-4H2,1-2H3;1H. The van der Waals surface area contributed by atoms with E-state index in [9.17, 15) is 0 Å². The first kappa shape index (κ1) is 9.85. The Bertz CT molecular complexity index is 152. The normalized spacial score (nSPS) is 22.2.